The first-order valence-electron chi connectivity index (χ1n) is 6.06. The zero-order valence-electron chi connectivity index (χ0n) is 10.1. The number of nitrogens with one attached hydrogen (secondary N) is 1. The Bertz CT molecular complexity index is 610. The van der Waals surface area contributed by atoms with E-state index in [1.807, 2.05) is 0 Å². The minimum absolute atomic E-state index is 0.247. The number of aromatic amines is 1. The number of benzene rings is 1. The molecule has 0 radical (unpaired) electrons. The molecule has 1 fully saturated rings. The summed E-state index contributed by atoms with van der Waals surface area (Å²) in [6.45, 7) is 0.593. The van der Waals surface area contributed by atoms with Crippen molar-refractivity contribution < 1.29 is 9.13 Å². The van der Waals surface area contributed by atoms with Gasteiger partial charge in [0.05, 0.1) is 17.8 Å². The van der Waals surface area contributed by atoms with Crippen molar-refractivity contribution in [1.29, 1.82) is 0 Å². The fraction of sp³-hybridized carbons (Fsp3) is 0.308. The lowest BCUT2D eigenvalue weighted by atomic mass is 10.1. The summed E-state index contributed by atoms with van der Waals surface area (Å²) in [5, 5.41) is 6.70. The monoisotopic (exact) mass is 281 g/mol. The van der Waals surface area contributed by atoms with Crippen LogP contribution < -0.4 is 10.5 Å². The van der Waals surface area contributed by atoms with E-state index in [-0.39, 0.29) is 5.02 Å². The highest BCUT2D eigenvalue weighted by atomic mass is 35.5. The molecule has 6 heteroatoms. The largest absolute Gasteiger partial charge is 0.491 e. The van der Waals surface area contributed by atoms with E-state index in [4.69, 9.17) is 22.1 Å². The molecule has 1 aliphatic rings. The van der Waals surface area contributed by atoms with E-state index in [2.05, 4.69) is 10.2 Å². The third-order valence-corrected chi connectivity index (χ3v) is 3.41. The van der Waals surface area contributed by atoms with Crippen LogP contribution in [0.25, 0.3) is 11.1 Å². The standard InChI is InChI=1S/C13H13ClFN3O/c14-11-4-8(15)3-9(10-5-17-18-13(10)16)12(11)19-6-7-1-2-7/h3-5,7H,1-2,6H2,(H3,16,17,18). The van der Waals surface area contributed by atoms with E-state index in [1.54, 1.807) is 0 Å². The molecule has 0 saturated heterocycles. The Labute approximate surface area is 114 Å². The molecule has 1 saturated carbocycles. The summed E-state index contributed by atoms with van der Waals surface area (Å²) in [5.74, 6) is 0.969. The highest BCUT2D eigenvalue weighted by Crippen LogP contribution is 2.40. The second-order valence-electron chi connectivity index (χ2n) is 4.72. The summed E-state index contributed by atoms with van der Waals surface area (Å²) in [4.78, 5) is 0. The molecule has 0 unspecified atom stereocenters. The Balaban J connectivity index is 2.02. The number of nitrogen functional groups attached to an aromatic ring is 1. The van der Waals surface area contributed by atoms with Crippen LogP contribution in [0.3, 0.4) is 0 Å². The molecule has 0 atom stereocenters. The molecule has 100 valence electrons. The lowest BCUT2D eigenvalue weighted by Crippen LogP contribution is -2.02. The van der Waals surface area contributed by atoms with Gasteiger partial charge in [-0.15, -0.1) is 0 Å². The van der Waals surface area contributed by atoms with Gasteiger partial charge in [-0.05, 0) is 30.9 Å². The molecule has 19 heavy (non-hydrogen) atoms. The highest BCUT2D eigenvalue weighted by Gasteiger charge is 2.24. The number of rotatable bonds is 4. The van der Waals surface area contributed by atoms with Crippen LogP contribution in [0.15, 0.2) is 18.3 Å². The molecule has 4 nitrogen and oxygen atoms in total. The number of H-pyrrole nitrogens is 1. The summed E-state index contributed by atoms with van der Waals surface area (Å²) < 4.78 is 19.3. The normalized spacial score (nSPS) is 14.6. The number of ether oxygens (including phenoxy) is 1. The first-order chi connectivity index (χ1) is 9.15. The Kier molecular flexibility index (Phi) is 3.06. The summed E-state index contributed by atoms with van der Waals surface area (Å²) in [6.07, 6.45) is 3.87. The van der Waals surface area contributed by atoms with Crippen molar-refractivity contribution in [1.82, 2.24) is 10.2 Å². The maximum Gasteiger partial charge on any atom is 0.146 e. The van der Waals surface area contributed by atoms with Crippen molar-refractivity contribution in [2.24, 2.45) is 5.92 Å². The average Bonchev–Trinajstić information content (AvgIpc) is 3.08. The van der Waals surface area contributed by atoms with Crippen LogP contribution >= 0.6 is 11.6 Å². The molecule has 1 heterocycles. The topological polar surface area (TPSA) is 63.9 Å². The Morgan fingerprint density at radius 3 is 2.84 bits per heavy atom. The molecule has 0 spiro atoms. The predicted molar refractivity (Wildman–Crippen MR) is 71.6 cm³/mol. The molecule has 0 aliphatic heterocycles. The molecular formula is C13H13ClFN3O. The van der Waals surface area contributed by atoms with Gasteiger partial charge in [-0.2, -0.15) is 5.10 Å². The van der Waals surface area contributed by atoms with Gasteiger partial charge in [0.25, 0.3) is 0 Å². The van der Waals surface area contributed by atoms with Gasteiger partial charge in [-0.1, -0.05) is 11.6 Å². The average molecular weight is 282 g/mol. The van der Waals surface area contributed by atoms with E-state index in [9.17, 15) is 4.39 Å². The number of anilines is 1. The van der Waals surface area contributed by atoms with Crippen molar-refractivity contribution in [3.05, 3.63) is 29.2 Å². The van der Waals surface area contributed by atoms with Gasteiger partial charge in [0.2, 0.25) is 0 Å². The van der Waals surface area contributed by atoms with Crippen molar-refractivity contribution in [3.8, 4) is 16.9 Å². The molecule has 3 rings (SSSR count). The van der Waals surface area contributed by atoms with Gasteiger partial charge in [-0.3, -0.25) is 5.10 Å². The Morgan fingerprint density at radius 2 is 2.21 bits per heavy atom. The van der Waals surface area contributed by atoms with E-state index >= 15 is 0 Å². The van der Waals surface area contributed by atoms with Crippen LogP contribution in [-0.4, -0.2) is 16.8 Å². The smallest absolute Gasteiger partial charge is 0.146 e. The van der Waals surface area contributed by atoms with Gasteiger partial charge in [-0.25, -0.2) is 4.39 Å². The maximum atomic E-state index is 13.5. The molecule has 1 aromatic heterocycles. The van der Waals surface area contributed by atoms with Gasteiger partial charge in [0.1, 0.15) is 17.4 Å². The van der Waals surface area contributed by atoms with Crippen LogP contribution in [0.1, 0.15) is 12.8 Å². The zero-order chi connectivity index (χ0) is 13.4. The molecule has 2 aromatic rings. The molecule has 0 bridgehead atoms. The quantitative estimate of drug-likeness (QED) is 0.904. The van der Waals surface area contributed by atoms with Crippen LogP contribution in [-0.2, 0) is 0 Å². The van der Waals surface area contributed by atoms with Gasteiger partial charge in [0, 0.05) is 11.1 Å². The first kappa shape index (κ1) is 12.3. The summed E-state index contributed by atoms with van der Waals surface area (Å²) >= 11 is 6.07. The molecule has 3 N–H and O–H groups in total. The van der Waals surface area contributed by atoms with Gasteiger partial charge >= 0.3 is 0 Å². The van der Waals surface area contributed by atoms with Crippen molar-refractivity contribution in [2.45, 2.75) is 12.8 Å². The maximum absolute atomic E-state index is 13.5. The number of nitrogens with two attached hydrogens (primary N) is 1. The van der Waals surface area contributed by atoms with Gasteiger partial charge in [0.15, 0.2) is 0 Å². The minimum atomic E-state index is -0.431. The summed E-state index contributed by atoms with van der Waals surface area (Å²) in [7, 11) is 0. The highest BCUT2D eigenvalue weighted by molar-refractivity contribution is 6.32. The minimum Gasteiger partial charge on any atom is -0.491 e. The zero-order valence-corrected chi connectivity index (χ0v) is 10.9. The number of hydrogen-bond donors (Lipinski definition) is 2. The number of halogens is 2. The van der Waals surface area contributed by atoms with E-state index in [0.717, 1.165) is 0 Å². The Hall–Kier alpha value is -1.75. The van der Waals surface area contributed by atoms with Crippen molar-refractivity contribution in [3.63, 3.8) is 0 Å². The fourth-order valence-electron chi connectivity index (χ4n) is 1.90. The van der Waals surface area contributed by atoms with E-state index in [0.29, 0.717) is 35.2 Å². The van der Waals surface area contributed by atoms with Crippen LogP contribution in [0.4, 0.5) is 10.2 Å². The summed E-state index contributed by atoms with van der Waals surface area (Å²) in [5.41, 5.74) is 6.89. The molecule has 1 aromatic carbocycles. The van der Waals surface area contributed by atoms with Gasteiger partial charge < -0.3 is 10.5 Å². The van der Waals surface area contributed by atoms with E-state index in [1.165, 1.54) is 31.2 Å². The number of hydrogen-bond acceptors (Lipinski definition) is 3. The third-order valence-electron chi connectivity index (χ3n) is 3.13. The van der Waals surface area contributed by atoms with Crippen LogP contribution in [0.2, 0.25) is 5.02 Å². The fourth-order valence-corrected chi connectivity index (χ4v) is 2.16. The molecule has 0 amide bonds. The SMILES string of the molecule is Nc1[nH]ncc1-c1cc(F)cc(Cl)c1OCC1CC1. The van der Waals surface area contributed by atoms with E-state index < -0.39 is 5.82 Å². The van der Waals surface area contributed by atoms with Crippen molar-refractivity contribution >= 4 is 17.4 Å². The number of aromatic nitrogens is 2. The number of nitrogens with zero attached hydrogens (tertiary/aromatic N) is 1. The second kappa shape index (κ2) is 4.74. The van der Waals surface area contributed by atoms with Crippen molar-refractivity contribution in [2.75, 3.05) is 12.3 Å². The molecular weight excluding hydrogens is 269 g/mol. The first-order valence-corrected chi connectivity index (χ1v) is 6.44. The summed E-state index contributed by atoms with van der Waals surface area (Å²) in [6, 6.07) is 2.60. The third kappa shape index (κ3) is 2.51. The lowest BCUT2D eigenvalue weighted by Gasteiger charge is -2.13. The Morgan fingerprint density at radius 1 is 1.42 bits per heavy atom. The van der Waals surface area contributed by atoms with Crippen LogP contribution in [0, 0.1) is 11.7 Å². The predicted octanol–water partition coefficient (Wildman–Crippen LogP) is 3.24. The van der Waals surface area contributed by atoms with Crippen LogP contribution in [0.5, 0.6) is 5.75 Å². The molecule has 1 aliphatic carbocycles. The second-order valence-corrected chi connectivity index (χ2v) is 5.12. The lowest BCUT2D eigenvalue weighted by molar-refractivity contribution is 0.301.